The second-order valence-electron chi connectivity index (χ2n) is 15.5. The molecule has 4 nitrogen and oxygen atoms in total. The molecule has 0 aromatic rings. The molecule has 0 amide bonds. The number of ketones is 1. The molecule has 0 spiro atoms. The molecule has 0 radical (unpaired) electrons. The second kappa shape index (κ2) is 8.18. The van der Waals surface area contributed by atoms with Gasteiger partial charge in [-0.25, -0.2) is 0 Å². The van der Waals surface area contributed by atoms with Gasteiger partial charge in [0.25, 0.3) is 0 Å². The molecule has 5 heteroatoms. The number of fused-ring (bicyclic) bond motifs is 7. The summed E-state index contributed by atoms with van der Waals surface area (Å²) >= 11 is 6.16. The monoisotopic (exact) mass is 530 g/mol. The molecule has 0 aromatic heterocycles. The molecule has 4 saturated carbocycles. The summed E-state index contributed by atoms with van der Waals surface area (Å²) in [5.41, 5.74) is 0.382. The molecular weight excluding hydrogens is 484 g/mol. The van der Waals surface area contributed by atoms with E-state index in [-0.39, 0.29) is 62.0 Å². The van der Waals surface area contributed by atoms with Gasteiger partial charge in [-0.15, -0.1) is 0 Å². The molecule has 37 heavy (non-hydrogen) atoms. The number of halogens is 1. The van der Waals surface area contributed by atoms with Gasteiger partial charge in [-0.05, 0) is 109 Å². The van der Waals surface area contributed by atoms with Crippen LogP contribution in [0.3, 0.4) is 0 Å². The highest BCUT2D eigenvalue weighted by molar-refractivity contribution is 6.64. The van der Waals surface area contributed by atoms with Crippen LogP contribution in [0.1, 0.15) is 113 Å². The lowest BCUT2D eigenvalue weighted by atomic mass is 9.33. The van der Waals surface area contributed by atoms with Gasteiger partial charge in [0.05, 0.1) is 0 Å². The number of hydrogen-bond acceptors (Lipinski definition) is 4. The van der Waals surface area contributed by atoms with Gasteiger partial charge in [-0.2, -0.15) is 0 Å². The summed E-state index contributed by atoms with van der Waals surface area (Å²) in [4.78, 5) is 38.8. The molecule has 0 saturated heterocycles. The van der Waals surface area contributed by atoms with Crippen molar-refractivity contribution in [3.05, 3.63) is 11.6 Å². The average Bonchev–Trinajstić information content (AvgIpc) is 2.78. The van der Waals surface area contributed by atoms with Crippen molar-refractivity contribution in [2.24, 2.45) is 50.2 Å². The largest absolute Gasteiger partial charge is 0.462 e. The summed E-state index contributed by atoms with van der Waals surface area (Å²) < 4.78 is 5.83. The van der Waals surface area contributed by atoms with Gasteiger partial charge < -0.3 is 4.74 Å². The Hall–Kier alpha value is -1.16. The average molecular weight is 531 g/mol. The fourth-order valence-electron chi connectivity index (χ4n) is 10.7. The number of rotatable bonds is 2. The van der Waals surface area contributed by atoms with Crippen LogP contribution in [-0.4, -0.2) is 23.1 Å². The molecular formula is C32H47ClO4. The molecule has 5 aliphatic rings. The van der Waals surface area contributed by atoms with Crippen molar-refractivity contribution >= 4 is 28.6 Å². The molecule has 9 atom stereocenters. The minimum atomic E-state index is -0.519. The van der Waals surface area contributed by atoms with E-state index in [9.17, 15) is 14.4 Å². The second-order valence-corrected chi connectivity index (χ2v) is 15.8. The Morgan fingerprint density at radius 2 is 1.57 bits per heavy atom. The molecule has 0 bridgehead atoms. The minimum absolute atomic E-state index is 0.0426. The Bertz CT molecular complexity index is 1080. The summed E-state index contributed by atoms with van der Waals surface area (Å²) in [7, 11) is 0. The van der Waals surface area contributed by atoms with Crippen LogP contribution in [0.4, 0.5) is 0 Å². The van der Waals surface area contributed by atoms with Crippen LogP contribution in [0.25, 0.3) is 0 Å². The van der Waals surface area contributed by atoms with Gasteiger partial charge in [0.2, 0.25) is 5.24 Å². The van der Waals surface area contributed by atoms with E-state index in [1.54, 1.807) is 0 Å². The van der Waals surface area contributed by atoms with Crippen molar-refractivity contribution in [2.75, 3.05) is 0 Å². The lowest BCUT2D eigenvalue weighted by Gasteiger charge is -2.70. The van der Waals surface area contributed by atoms with Crippen molar-refractivity contribution in [2.45, 2.75) is 119 Å². The number of carbonyl (C=O) groups excluding carboxylic acids is 3. The van der Waals surface area contributed by atoms with Crippen LogP contribution in [-0.2, 0) is 19.1 Å². The SMILES string of the molecule is CC(=O)OC1CC[C@]2(C)[C@H]3C(=O)C=C4[C@@H]5C[C@@](C)(C(=O)Cl)CC[C@]5(C)CC[C@@]4(C)[C@]3(C)CC[C@H]2C1(C)C. The Labute approximate surface area is 228 Å². The summed E-state index contributed by atoms with van der Waals surface area (Å²) in [5, 5.41) is -0.228. The van der Waals surface area contributed by atoms with Crippen LogP contribution >= 0.6 is 11.6 Å². The first kappa shape index (κ1) is 27.4. The molecule has 5 aliphatic carbocycles. The molecule has 5 rings (SSSR count). The number of ether oxygens (including phenoxy) is 1. The Morgan fingerprint density at radius 3 is 2.19 bits per heavy atom. The third-order valence-corrected chi connectivity index (χ3v) is 13.8. The molecule has 1 unspecified atom stereocenters. The molecule has 4 fully saturated rings. The van der Waals surface area contributed by atoms with E-state index in [4.69, 9.17) is 16.3 Å². The zero-order chi connectivity index (χ0) is 27.4. The fraction of sp³-hybridized carbons (Fsp3) is 0.844. The topological polar surface area (TPSA) is 60.4 Å². The molecule has 0 aliphatic heterocycles. The minimum Gasteiger partial charge on any atom is -0.462 e. The Morgan fingerprint density at radius 1 is 0.919 bits per heavy atom. The maximum Gasteiger partial charge on any atom is 0.302 e. The van der Waals surface area contributed by atoms with Gasteiger partial charge in [0.1, 0.15) is 6.10 Å². The quantitative estimate of drug-likeness (QED) is 0.271. The maximum absolute atomic E-state index is 14.4. The van der Waals surface area contributed by atoms with Crippen LogP contribution in [0, 0.1) is 50.2 Å². The third-order valence-electron chi connectivity index (χ3n) is 13.3. The van der Waals surface area contributed by atoms with Gasteiger partial charge in [-0.1, -0.05) is 54.0 Å². The first-order chi connectivity index (χ1) is 16.9. The van der Waals surface area contributed by atoms with Crippen molar-refractivity contribution in [1.29, 1.82) is 0 Å². The summed E-state index contributed by atoms with van der Waals surface area (Å²) in [5.74, 6) is 0.573. The molecule has 206 valence electrons. The summed E-state index contributed by atoms with van der Waals surface area (Å²) in [6.45, 7) is 17.6. The maximum atomic E-state index is 14.4. The van der Waals surface area contributed by atoms with E-state index < -0.39 is 5.41 Å². The summed E-state index contributed by atoms with van der Waals surface area (Å²) in [6, 6.07) is 0. The van der Waals surface area contributed by atoms with E-state index >= 15 is 0 Å². The van der Waals surface area contributed by atoms with Crippen LogP contribution < -0.4 is 0 Å². The number of carbonyl (C=O) groups is 3. The van der Waals surface area contributed by atoms with Crippen LogP contribution in [0.5, 0.6) is 0 Å². The zero-order valence-electron chi connectivity index (χ0n) is 24.3. The highest BCUT2D eigenvalue weighted by Crippen LogP contribution is 2.75. The van der Waals surface area contributed by atoms with Gasteiger partial charge in [0.15, 0.2) is 5.78 Å². The number of esters is 1. The van der Waals surface area contributed by atoms with Crippen molar-refractivity contribution in [3.63, 3.8) is 0 Å². The van der Waals surface area contributed by atoms with E-state index in [0.717, 1.165) is 57.8 Å². The Balaban J connectivity index is 1.58. The zero-order valence-corrected chi connectivity index (χ0v) is 25.0. The van der Waals surface area contributed by atoms with Gasteiger partial charge in [0, 0.05) is 23.7 Å². The van der Waals surface area contributed by atoms with Crippen molar-refractivity contribution < 1.29 is 19.1 Å². The fourth-order valence-corrected chi connectivity index (χ4v) is 10.9. The van der Waals surface area contributed by atoms with Gasteiger partial charge in [-0.3, -0.25) is 14.4 Å². The first-order valence-electron chi connectivity index (χ1n) is 14.6. The van der Waals surface area contributed by atoms with E-state index in [1.807, 2.05) is 6.92 Å². The van der Waals surface area contributed by atoms with Crippen LogP contribution in [0.2, 0.25) is 0 Å². The smallest absolute Gasteiger partial charge is 0.302 e. The van der Waals surface area contributed by atoms with E-state index in [2.05, 4.69) is 47.6 Å². The standard InChI is InChI=1S/C32H47ClO4/c1-19(34)37-24-10-11-30(6)23(27(24,2)3)9-12-32(8)25(30)22(35)17-20-21-18-29(5,26(33)36)14-13-28(21,4)15-16-31(20,32)7/h17,21,23-25H,9-16,18H2,1-8H3/t21-,23-,24?,25+,28+,29-,30-,31+,32+/m0/s1. The molecule has 0 heterocycles. The number of hydrogen-bond donors (Lipinski definition) is 0. The summed E-state index contributed by atoms with van der Waals surface area (Å²) in [6.07, 6.45) is 10.5. The van der Waals surface area contributed by atoms with E-state index in [0.29, 0.717) is 5.92 Å². The number of allylic oxidation sites excluding steroid dienone is 2. The lowest BCUT2D eigenvalue weighted by molar-refractivity contribution is -0.210. The van der Waals surface area contributed by atoms with Crippen LogP contribution in [0.15, 0.2) is 11.6 Å². The first-order valence-corrected chi connectivity index (χ1v) is 15.0. The third kappa shape index (κ3) is 3.55. The Kier molecular flexibility index (Phi) is 6.06. The van der Waals surface area contributed by atoms with Crippen molar-refractivity contribution in [1.82, 2.24) is 0 Å². The highest BCUT2D eigenvalue weighted by atomic mass is 35.5. The molecule has 0 aromatic carbocycles. The highest BCUT2D eigenvalue weighted by Gasteiger charge is 2.70. The van der Waals surface area contributed by atoms with E-state index in [1.165, 1.54) is 12.5 Å². The predicted octanol–water partition coefficient (Wildman–Crippen LogP) is 7.66. The molecule has 0 N–H and O–H groups in total. The normalized spacial score (nSPS) is 50.5. The van der Waals surface area contributed by atoms with Gasteiger partial charge >= 0.3 is 5.97 Å². The lowest BCUT2D eigenvalue weighted by Crippen LogP contribution is -2.66. The van der Waals surface area contributed by atoms with Crippen molar-refractivity contribution in [3.8, 4) is 0 Å². The predicted molar refractivity (Wildman–Crippen MR) is 146 cm³/mol.